The number of hydrogen-bond donors (Lipinski definition) is 2. The fourth-order valence-corrected chi connectivity index (χ4v) is 1.14. The van der Waals surface area contributed by atoms with Gasteiger partial charge in [0, 0.05) is 0 Å². The normalized spacial score (nSPS) is 26.1. The number of rotatable bonds is 1. The Bertz CT molecular complexity index is 131. The highest BCUT2D eigenvalue weighted by molar-refractivity contribution is 6.50. The first-order valence-electron chi connectivity index (χ1n) is 3.27. The van der Waals surface area contributed by atoms with E-state index in [0.717, 1.165) is 18.3 Å². The van der Waals surface area contributed by atoms with Crippen LogP contribution >= 0.6 is 0 Å². The molecule has 2 nitrogen and oxygen atoms in total. The quantitative estimate of drug-likeness (QED) is 0.497. The summed E-state index contributed by atoms with van der Waals surface area (Å²) >= 11 is 0. The van der Waals surface area contributed by atoms with E-state index in [-0.39, 0.29) is 0 Å². The molecule has 50 valence electrons. The molecule has 0 aromatic heterocycles. The molecule has 0 aromatic carbocycles. The molecule has 1 atom stereocenters. The molecule has 0 fully saturated rings. The van der Waals surface area contributed by atoms with Crippen LogP contribution in [0.2, 0.25) is 0 Å². The Morgan fingerprint density at radius 3 is 2.56 bits per heavy atom. The van der Waals surface area contributed by atoms with Crippen LogP contribution in [0.4, 0.5) is 0 Å². The second kappa shape index (κ2) is 2.54. The molecule has 0 bridgehead atoms. The molecule has 0 saturated carbocycles. The Morgan fingerprint density at radius 2 is 2.33 bits per heavy atom. The molecule has 3 heteroatoms. The molecule has 0 amide bonds. The summed E-state index contributed by atoms with van der Waals surface area (Å²) in [5.74, 6) is 0.529. The van der Waals surface area contributed by atoms with Crippen LogP contribution in [0.5, 0.6) is 0 Å². The standard InChI is InChI=1S/C6H11BO2/c1-5-2-3-6(4-5)7(8)9/h4-5,8-9H,2-3H2,1H3. The van der Waals surface area contributed by atoms with Crippen molar-refractivity contribution in [1.82, 2.24) is 0 Å². The lowest BCUT2D eigenvalue weighted by atomic mass is 9.79. The average molecular weight is 126 g/mol. The second-order valence-electron chi connectivity index (χ2n) is 2.63. The zero-order chi connectivity index (χ0) is 6.85. The highest BCUT2D eigenvalue weighted by Gasteiger charge is 2.20. The Hall–Kier alpha value is -0.275. The van der Waals surface area contributed by atoms with E-state index >= 15 is 0 Å². The first-order chi connectivity index (χ1) is 4.20. The summed E-state index contributed by atoms with van der Waals surface area (Å²) in [5, 5.41) is 17.3. The Labute approximate surface area is 55.3 Å². The van der Waals surface area contributed by atoms with Crippen LogP contribution in [-0.2, 0) is 0 Å². The van der Waals surface area contributed by atoms with E-state index in [0.29, 0.717) is 5.92 Å². The van der Waals surface area contributed by atoms with Gasteiger partial charge in [0.15, 0.2) is 0 Å². The molecule has 0 spiro atoms. The van der Waals surface area contributed by atoms with Crippen molar-refractivity contribution in [3.8, 4) is 0 Å². The van der Waals surface area contributed by atoms with Gasteiger partial charge in [-0.15, -0.1) is 0 Å². The van der Waals surface area contributed by atoms with Crippen LogP contribution in [0.25, 0.3) is 0 Å². The van der Waals surface area contributed by atoms with Crippen LogP contribution in [-0.4, -0.2) is 17.2 Å². The molecule has 2 N–H and O–H groups in total. The van der Waals surface area contributed by atoms with Crippen LogP contribution in [0.15, 0.2) is 11.5 Å². The molecule has 1 rings (SSSR count). The maximum Gasteiger partial charge on any atom is 0.483 e. The topological polar surface area (TPSA) is 40.5 Å². The molecule has 0 radical (unpaired) electrons. The van der Waals surface area contributed by atoms with Crippen LogP contribution < -0.4 is 0 Å². The van der Waals surface area contributed by atoms with Crippen LogP contribution in [0.1, 0.15) is 19.8 Å². The van der Waals surface area contributed by atoms with E-state index in [1.807, 2.05) is 6.08 Å². The molecule has 1 unspecified atom stereocenters. The number of hydrogen-bond acceptors (Lipinski definition) is 2. The van der Waals surface area contributed by atoms with Gasteiger partial charge in [0.2, 0.25) is 0 Å². The highest BCUT2D eigenvalue weighted by atomic mass is 16.4. The fraction of sp³-hybridized carbons (Fsp3) is 0.667. The minimum atomic E-state index is -1.21. The summed E-state index contributed by atoms with van der Waals surface area (Å²) in [7, 11) is -1.21. The molecule has 0 aromatic rings. The molecule has 0 saturated heterocycles. The first kappa shape index (κ1) is 6.84. The summed E-state index contributed by atoms with van der Waals surface area (Å²) < 4.78 is 0. The summed E-state index contributed by atoms with van der Waals surface area (Å²) in [6.45, 7) is 2.08. The van der Waals surface area contributed by atoms with Crippen molar-refractivity contribution < 1.29 is 10.0 Å². The van der Waals surface area contributed by atoms with E-state index in [1.165, 1.54) is 0 Å². The molecular formula is C6H11BO2. The summed E-state index contributed by atoms with van der Waals surface area (Å²) in [4.78, 5) is 0. The fourth-order valence-electron chi connectivity index (χ4n) is 1.14. The lowest BCUT2D eigenvalue weighted by molar-refractivity contribution is 0.417. The molecule has 1 aliphatic carbocycles. The zero-order valence-corrected chi connectivity index (χ0v) is 5.54. The predicted octanol–water partition coefficient (Wildman–Crippen LogP) is 0.355. The molecule has 0 aliphatic heterocycles. The Balaban J connectivity index is 2.52. The third-order valence-electron chi connectivity index (χ3n) is 1.72. The van der Waals surface area contributed by atoms with Crippen molar-refractivity contribution in [3.63, 3.8) is 0 Å². The summed E-state index contributed by atoms with van der Waals surface area (Å²) in [5.41, 5.74) is 0.780. The monoisotopic (exact) mass is 126 g/mol. The zero-order valence-electron chi connectivity index (χ0n) is 5.54. The van der Waals surface area contributed by atoms with Gasteiger partial charge in [-0.1, -0.05) is 13.0 Å². The lowest BCUT2D eigenvalue weighted by Gasteiger charge is -1.94. The van der Waals surface area contributed by atoms with Crippen LogP contribution in [0.3, 0.4) is 0 Å². The van der Waals surface area contributed by atoms with Crippen LogP contribution in [0, 0.1) is 5.92 Å². The van der Waals surface area contributed by atoms with Gasteiger partial charge in [-0.3, -0.25) is 0 Å². The van der Waals surface area contributed by atoms with Gasteiger partial charge in [0.05, 0.1) is 0 Å². The maximum absolute atomic E-state index is 8.66. The van der Waals surface area contributed by atoms with Crippen molar-refractivity contribution in [1.29, 1.82) is 0 Å². The Morgan fingerprint density at radius 1 is 1.67 bits per heavy atom. The van der Waals surface area contributed by atoms with Gasteiger partial charge in [-0.25, -0.2) is 0 Å². The van der Waals surface area contributed by atoms with E-state index in [2.05, 4.69) is 6.92 Å². The van der Waals surface area contributed by atoms with E-state index in [4.69, 9.17) is 10.0 Å². The van der Waals surface area contributed by atoms with Gasteiger partial charge in [-0.2, -0.15) is 0 Å². The summed E-state index contributed by atoms with van der Waals surface area (Å²) in [6, 6.07) is 0. The van der Waals surface area contributed by atoms with Gasteiger partial charge < -0.3 is 10.0 Å². The van der Waals surface area contributed by atoms with Crippen molar-refractivity contribution in [3.05, 3.63) is 11.5 Å². The lowest BCUT2D eigenvalue weighted by Crippen LogP contribution is -2.13. The van der Waals surface area contributed by atoms with Crippen molar-refractivity contribution in [2.45, 2.75) is 19.8 Å². The predicted molar refractivity (Wildman–Crippen MR) is 36.7 cm³/mol. The third kappa shape index (κ3) is 1.56. The van der Waals surface area contributed by atoms with Gasteiger partial charge >= 0.3 is 7.12 Å². The first-order valence-corrected chi connectivity index (χ1v) is 3.27. The van der Waals surface area contributed by atoms with Crippen molar-refractivity contribution >= 4 is 7.12 Å². The molecule has 9 heavy (non-hydrogen) atoms. The largest absolute Gasteiger partial charge is 0.483 e. The third-order valence-corrected chi connectivity index (χ3v) is 1.72. The SMILES string of the molecule is CC1C=C(B(O)O)CC1. The van der Waals surface area contributed by atoms with E-state index in [9.17, 15) is 0 Å². The van der Waals surface area contributed by atoms with Crippen molar-refractivity contribution in [2.24, 2.45) is 5.92 Å². The second-order valence-corrected chi connectivity index (χ2v) is 2.63. The maximum atomic E-state index is 8.66. The highest BCUT2D eigenvalue weighted by Crippen LogP contribution is 2.23. The minimum absolute atomic E-state index is 0.529. The molecular weight excluding hydrogens is 115 g/mol. The average Bonchev–Trinajstić information content (AvgIpc) is 2.14. The summed E-state index contributed by atoms with van der Waals surface area (Å²) in [6.07, 6.45) is 3.84. The van der Waals surface area contributed by atoms with Gasteiger partial charge in [0.25, 0.3) is 0 Å². The van der Waals surface area contributed by atoms with Crippen molar-refractivity contribution in [2.75, 3.05) is 0 Å². The van der Waals surface area contributed by atoms with E-state index < -0.39 is 7.12 Å². The minimum Gasteiger partial charge on any atom is -0.423 e. The van der Waals surface area contributed by atoms with Gasteiger partial charge in [-0.05, 0) is 24.2 Å². The Kier molecular flexibility index (Phi) is 1.93. The molecule has 0 heterocycles. The van der Waals surface area contributed by atoms with Gasteiger partial charge in [0.1, 0.15) is 0 Å². The number of allylic oxidation sites excluding steroid dienone is 2. The molecule has 1 aliphatic rings. The van der Waals surface area contributed by atoms with E-state index in [1.54, 1.807) is 0 Å². The smallest absolute Gasteiger partial charge is 0.423 e.